The Labute approximate surface area is 164 Å². The lowest BCUT2D eigenvalue weighted by Gasteiger charge is -2.19. The van der Waals surface area contributed by atoms with Crippen LogP contribution in [0.25, 0.3) is 11.1 Å². The Morgan fingerprint density at radius 2 is 1.70 bits per heavy atom. The second kappa shape index (κ2) is 10.3. The van der Waals surface area contributed by atoms with E-state index in [9.17, 15) is 10.2 Å². The van der Waals surface area contributed by atoms with Gasteiger partial charge in [0.05, 0.1) is 0 Å². The maximum Gasteiger partial charge on any atom is 0.128 e. The molecule has 3 N–H and O–H groups in total. The van der Waals surface area contributed by atoms with Gasteiger partial charge in [-0.1, -0.05) is 24.3 Å². The minimum atomic E-state index is 0.146. The number of aromatic hydroxyl groups is 2. The molecule has 2 rings (SSSR count). The third-order valence-electron chi connectivity index (χ3n) is 4.36. The summed E-state index contributed by atoms with van der Waals surface area (Å²) in [5.74, 6) is 0.327. The molecule has 0 bridgehead atoms. The van der Waals surface area contributed by atoms with Crippen LogP contribution in [0.2, 0.25) is 0 Å². The fraction of sp³-hybridized carbons (Fsp3) is 0.273. The van der Waals surface area contributed by atoms with E-state index in [2.05, 4.69) is 27.8 Å². The summed E-state index contributed by atoms with van der Waals surface area (Å²) in [5, 5.41) is 23.3. The second-order valence-electron chi connectivity index (χ2n) is 6.53. The van der Waals surface area contributed by atoms with Gasteiger partial charge in [-0.25, -0.2) is 5.01 Å². The molecule has 0 saturated carbocycles. The van der Waals surface area contributed by atoms with Gasteiger partial charge in [0, 0.05) is 36.8 Å². The number of allylic oxidation sites excluding steroid dienone is 2. The molecule has 27 heavy (non-hydrogen) atoms. The molecule has 0 heterocycles. The van der Waals surface area contributed by atoms with E-state index < -0.39 is 0 Å². The lowest BCUT2D eigenvalue weighted by Crippen LogP contribution is -2.35. The summed E-state index contributed by atoms with van der Waals surface area (Å²) in [5.41, 5.74) is 7.40. The maximum atomic E-state index is 10.9. The quantitative estimate of drug-likeness (QED) is 0.329. The largest absolute Gasteiger partial charge is 0.507 e. The summed E-state index contributed by atoms with van der Waals surface area (Å²) in [7, 11) is 4.67. The summed E-state index contributed by atoms with van der Waals surface area (Å²) in [6.45, 7) is 8.97. The van der Waals surface area contributed by atoms with E-state index in [1.54, 1.807) is 6.07 Å². The second-order valence-corrected chi connectivity index (χ2v) is 7.11. The number of hydrogen-bond donors (Lipinski definition) is 3. The van der Waals surface area contributed by atoms with Crippen molar-refractivity contribution in [3.8, 4) is 22.6 Å². The Kier molecular flexibility index (Phi) is 8.05. The molecular weight excluding hydrogens is 355 g/mol. The highest BCUT2D eigenvalue weighted by Crippen LogP contribution is 2.39. The highest BCUT2D eigenvalue weighted by molar-refractivity contribution is 7.16. The first-order valence-corrected chi connectivity index (χ1v) is 9.85. The Morgan fingerprint density at radius 3 is 2.37 bits per heavy atom. The molecule has 2 aromatic rings. The van der Waals surface area contributed by atoms with Crippen molar-refractivity contribution in [2.75, 3.05) is 19.8 Å². The van der Waals surface area contributed by atoms with Crippen molar-refractivity contribution in [1.29, 1.82) is 0 Å². The molecule has 0 fully saturated rings. The van der Waals surface area contributed by atoms with Gasteiger partial charge < -0.3 is 10.2 Å². The lowest BCUT2D eigenvalue weighted by atomic mass is 9.94. The zero-order valence-electron chi connectivity index (χ0n) is 15.9. The molecule has 4 nitrogen and oxygen atoms in total. The molecule has 5 heteroatoms. The van der Waals surface area contributed by atoms with E-state index in [-0.39, 0.29) is 11.5 Å². The van der Waals surface area contributed by atoms with E-state index in [1.165, 1.54) is 0 Å². The Hall–Kier alpha value is -2.13. The first kappa shape index (κ1) is 21.2. The molecule has 0 aliphatic carbocycles. The van der Waals surface area contributed by atoms with Gasteiger partial charge >= 0.3 is 0 Å². The molecule has 144 valence electrons. The number of nitrogens with one attached hydrogen (secondary N) is 1. The molecule has 2 aromatic carbocycles. The van der Waals surface area contributed by atoms with Gasteiger partial charge in [-0.3, -0.25) is 5.43 Å². The highest BCUT2D eigenvalue weighted by atomic mass is 31.0. The van der Waals surface area contributed by atoms with E-state index in [0.29, 0.717) is 30.5 Å². The Morgan fingerprint density at radius 1 is 1.04 bits per heavy atom. The van der Waals surface area contributed by atoms with Crippen LogP contribution >= 0.6 is 9.24 Å². The third-order valence-corrected chi connectivity index (χ3v) is 4.62. The van der Waals surface area contributed by atoms with Crippen molar-refractivity contribution in [2.45, 2.75) is 19.4 Å². The highest BCUT2D eigenvalue weighted by Gasteiger charge is 2.15. The van der Waals surface area contributed by atoms with Crippen LogP contribution in [0, 0.1) is 0 Å². The van der Waals surface area contributed by atoms with Gasteiger partial charge in [-0.2, -0.15) is 0 Å². The summed E-state index contributed by atoms with van der Waals surface area (Å²) >= 11 is 0. The standard InChI is InChI=1S/C22H29N2O2P/c1-4-6-16-8-9-21(25)19(13-16)20-14-17(7-5-2)12-18(22(20)26)15-23-24(3)10-11-27/h4-5,8-9,12-14,23,25-26H,1-2,6-7,10-11,15,27H2,3H3. The van der Waals surface area contributed by atoms with Crippen LogP contribution < -0.4 is 5.43 Å². The number of phenolic OH excluding ortho intramolecular Hbond substituents is 2. The zero-order chi connectivity index (χ0) is 19.8. The summed E-state index contributed by atoms with van der Waals surface area (Å²) < 4.78 is 0. The first-order chi connectivity index (χ1) is 13.0. The fourth-order valence-electron chi connectivity index (χ4n) is 2.97. The molecule has 0 aromatic heterocycles. The van der Waals surface area contributed by atoms with Gasteiger partial charge in [0.2, 0.25) is 0 Å². The van der Waals surface area contributed by atoms with Crippen LogP contribution in [0.3, 0.4) is 0 Å². The molecule has 0 amide bonds. The molecule has 1 unspecified atom stereocenters. The van der Waals surface area contributed by atoms with Gasteiger partial charge in [-0.05, 0) is 48.3 Å². The molecule has 0 radical (unpaired) electrons. The van der Waals surface area contributed by atoms with Crippen LogP contribution in [0.5, 0.6) is 11.5 Å². The number of benzene rings is 2. The molecule has 0 saturated heterocycles. The van der Waals surface area contributed by atoms with Gasteiger partial charge in [0.1, 0.15) is 11.5 Å². The van der Waals surface area contributed by atoms with Crippen LogP contribution in [0.15, 0.2) is 55.6 Å². The zero-order valence-corrected chi connectivity index (χ0v) is 17.1. The van der Waals surface area contributed by atoms with Gasteiger partial charge in [0.25, 0.3) is 0 Å². The molecule has 0 aliphatic heterocycles. The number of phenols is 2. The van der Waals surface area contributed by atoms with E-state index in [1.807, 2.05) is 48.5 Å². The monoisotopic (exact) mass is 384 g/mol. The maximum absolute atomic E-state index is 10.9. The van der Waals surface area contributed by atoms with E-state index in [0.717, 1.165) is 29.4 Å². The van der Waals surface area contributed by atoms with Crippen LogP contribution in [0.1, 0.15) is 16.7 Å². The van der Waals surface area contributed by atoms with Crippen LogP contribution in [-0.4, -0.2) is 35.0 Å². The van der Waals surface area contributed by atoms with Crippen molar-refractivity contribution < 1.29 is 10.2 Å². The van der Waals surface area contributed by atoms with Crippen molar-refractivity contribution in [3.63, 3.8) is 0 Å². The van der Waals surface area contributed by atoms with Crippen molar-refractivity contribution in [3.05, 3.63) is 72.3 Å². The SMILES string of the molecule is C=CCc1ccc(O)c(-c2cc(CC=C)cc(CNN(C)CCP)c2O)c1. The summed E-state index contributed by atoms with van der Waals surface area (Å²) in [6.07, 6.45) is 6.01. The minimum absolute atomic E-state index is 0.146. The first-order valence-electron chi connectivity index (χ1n) is 9.03. The Bertz CT molecular complexity index is 805. The fourth-order valence-corrected chi connectivity index (χ4v) is 3.36. The van der Waals surface area contributed by atoms with Crippen molar-refractivity contribution >= 4 is 9.24 Å². The van der Waals surface area contributed by atoms with E-state index >= 15 is 0 Å². The summed E-state index contributed by atoms with van der Waals surface area (Å²) in [6, 6.07) is 9.33. The number of hydrazine groups is 1. The average molecular weight is 384 g/mol. The lowest BCUT2D eigenvalue weighted by molar-refractivity contribution is 0.244. The number of rotatable bonds is 10. The molecule has 1 atom stereocenters. The van der Waals surface area contributed by atoms with Crippen molar-refractivity contribution in [2.24, 2.45) is 0 Å². The average Bonchev–Trinajstić information content (AvgIpc) is 2.64. The normalized spacial score (nSPS) is 10.9. The number of hydrogen-bond acceptors (Lipinski definition) is 4. The van der Waals surface area contributed by atoms with Crippen LogP contribution in [-0.2, 0) is 19.4 Å². The number of nitrogens with zero attached hydrogens (tertiary/aromatic N) is 1. The van der Waals surface area contributed by atoms with E-state index in [4.69, 9.17) is 0 Å². The van der Waals surface area contributed by atoms with Crippen LogP contribution in [0.4, 0.5) is 0 Å². The molecule has 0 spiro atoms. The minimum Gasteiger partial charge on any atom is -0.507 e. The van der Waals surface area contributed by atoms with Gasteiger partial charge in [0.15, 0.2) is 0 Å². The molecular formula is C22H29N2O2P. The molecule has 0 aliphatic rings. The predicted octanol–water partition coefficient (Wildman–Crippen LogP) is 4.03. The topological polar surface area (TPSA) is 55.7 Å². The summed E-state index contributed by atoms with van der Waals surface area (Å²) in [4.78, 5) is 0. The predicted molar refractivity (Wildman–Crippen MR) is 117 cm³/mol. The smallest absolute Gasteiger partial charge is 0.128 e. The third kappa shape index (κ3) is 5.67. The Balaban J connectivity index is 2.47. The van der Waals surface area contributed by atoms with Crippen molar-refractivity contribution in [1.82, 2.24) is 10.4 Å². The van der Waals surface area contributed by atoms with Gasteiger partial charge in [-0.15, -0.1) is 22.4 Å².